The number of furan rings is 1. The minimum Gasteiger partial charge on any atom is -0.469 e. The Labute approximate surface area is 144 Å². The van der Waals surface area contributed by atoms with Crippen molar-refractivity contribution in [3.8, 4) is 0 Å². The molecule has 1 aromatic heterocycles. The molecule has 7 heteroatoms. The molecule has 0 saturated heterocycles. The Morgan fingerprint density at radius 1 is 1.32 bits per heavy atom. The van der Waals surface area contributed by atoms with Gasteiger partial charge in [0, 0.05) is 33.1 Å². The number of nitrogens with one attached hydrogen (secondary N) is 1. The van der Waals surface area contributed by atoms with Crippen LogP contribution in [0.2, 0.25) is 0 Å². The van der Waals surface area contributed by atoms with Gasteiger partial charge in [-0.3, -0.25) is 4.99 Å². The Bertz CT molecular complexity index is 706. The van der Waals surface area contributed by atoms with Crippen molar-refractivity contribution in [1.29, 1.82) is 0 Å². The molecule has 0 aliphatic heterocycles. The van der Waals surface area contributed by atoms with E-state index in [4.69, 9.17) is 4.42 Å². The van der Waals surface area contributed by atoms with E-state index < -0.39 is 17.5 Å². The molecule has 1 N–H and O–H groups in total. The predicted molar refractivity (Wildman–Crippen MR) is 90.7 cm³/mol. The second kappa shape index (κ2) is 8.96. The van der Waals surface area contributed by atoms with Crippen LogP contribution in [0.5, 0.6) is 0 Å². The summed E-state index contributed by atoms with van der Waals surface area (Å²) in [5, 5.41) is 3.08. The van der Waals surface area contributed by atoms with E-state index in [-0.39, 0.29) is 6.54 Å². The number of benzene rings is 1. The minimum atomic E-state index is -1.47. The molecule has 1 aromatic carbocycles. The Morgan fingerprint density at radius 3 is 2.64 bits per heavy atom. The number of aliphatic imine (C=N–C) groups is 1. The number of halogens is 3. The molecule has 0 saturated carbocycles. The van der Waals surface area contributed by atoms with Crippen LogP contribution in [0, 0.1) is 17.5 Å². The van der Waals surface area contributed by atoms with Crippen molar-refractivity contribution < 1.29 is 17.6 Å². The topological polar surface area (TPSA) is 40.8 Å². The molecule has 2 rings (SSSR count). The van der Waals surface area contributed by atoms with Gasteiger partial charge in [-0.1, -0.05) is 6.08 Å². The smallest absolute Gasteiger partial charge is 0.194 e. The van der Waals surface area contributed by atoms with Crippen molar-refractivity contribution in [3.63, 3.8) is 0 Å². The van der Waals surface area contributed by atoms with Crippen molar-refractivity contribution in [3.05, 3.63) is 72.0 Å². The van der Waals surface area contributed by atoms with Crippen LogP contribution in [-0.4, -0.2) is 31.0 Å². The maximum absolute atomic E-state index is 13.4. The maximum atomic E-state index is 13.4. The van der Waals surface area contributed by atoms with Gasteiger partial charge in [0.1, 0.15) is 5.76 Å². The van der Waals surface area contributed by atoms with E-state index >= 15 is 0 Å². The van der Waals surface area contributed by atoms with Gasteiger partial charge in [-0.15, -0.1) is 6.58 Å². The molecule has 0 aliphatic carbocycles. The van der Waals surface area contributed by atoms with E-state index in [1.807, 2.05) is 6.07 Å². The lowest BCUT2D eigenvalue weighted by Gasteiger charge is -2.22. The molecule has 0 aliphatic rings. The molecule has 0 bridgehead atoms. The van der Waals surface area contributed by atoms with Crippen molar-refractivity contribution in [2.45, 2.75) is 13.0 Å². The lowest BCUT2D eigenvalue weighted by Crippen LogP contribution is -2.38. The van der Waals surface area contributed by atoms with Gasteiger partial charge in [-0.2, -0.15) is 0 Å². The summed E-state index contributed by atoms with van der Waals surface area (Å²) in [7, 11) is 1.72. The van der Waals surface area contributed by atoms with Gasteiger partial charge < -0.3 is 14.6 Å². The van der Waals surface area contributed by atoms with Crippen LogP contribution in [0.3, 0.4) is 0 Å². The van der Waals surface area contributed by atoms with Crippen molar-refractivity contribution in [1.82, 2.24) is 10.2 Å². The van der Waals surface area contributed by atoms with Crippen LogP contribution in [0.4, 0.5) is 13.2 Å². The Hall–Kier alpha value is -2.70. The van der Waals surface area contributed by atoms with E-state index in [0.717, 1.165) is 17.9 Å². The standard InChI is InChI=1S/C18H20F3N3O/c1-3-7-22-18(23-8-6-14-5-4-9-25-14)24(2)12-13-10-15(19)17(21)16(20)11-13/h3-5,9-11H,1,6-8,12H2,2H3,(H,22,23). The summed E-state index contributed by atoms with van der Waals surface area (Å²) in [6.07, 6.45) is 3.90. The van der Waals surface area contributed by atoms with Gasteiger partial charge in [-0.25, -0.2) is 13.2 Å². The van der Waals surface area contributed by atoms with Crippen LogP contribution in [0.15, 0.2) is 52.6 Å². The van der Waals surface area contributed by atoms with Gasteiger partial charge in [0.2, 0.25) is 0 Å². The molecule has 134 valence electrons. The molecule has 0 amide bonds. The molecular weight excluding hydrogens is 331 g/mol. The molecule has 0 unspecified atom stereocenters. The molecule has 0 atom stereocenters. The zero-order valence-electron chi connectivity index (χ0n) is 13.9. The first-order chi connectivity index (χ1) is 12.0. The van der Waals surface area contributed by atoms with Crippen LogP contribution < -0.4 is 5.32 Å². The quantitative estimate of drug-likeness (QED) is 0.359. The van der Waals surface area contributed by atoms with Crippen LogP contribution in [-0.2, 0) is 13.0 Å². The summed E-state index contributed by atoms with van der Waals surface area (Å²) in [4.78, 5) is 6.15. The number of hydrogen-bond donors (Lipinski definition) is 1. The SMILES string of the molecule is C=CCNC(=NCCc1ccco1)N(C)Cc1cc(F)c(F)c(F)c1. The number of nitrogens with zero attached hydrogens (tertiary/aromatic N) is 2. The summed E-state index contributed by atoms with van der Waals surface area (Å²) in [6, 6.07) is 5.62. The van der Waals surface area contributed by atoms with Gasteiger partial charge in [0.25, 0.3) is 0 Å². The molecule has 25 heavy (non-hydrogen) atoms. The normalized spacial score (nSPS) is 11.4. The lowest BCUT2D eigenvalue weighted by molar-refractivity contribution is 0.434. The summed E-state index contributed by atoms with van der Waals surface area (Å²) < 4.78 is 45.0. The van der Waals surface area contributed by atoms with Gasteiger partial charge in [0.05, 0.1) is 6.26 Å². The molecule has 0 radical (unpaired) electrons. The number of hydrogen-bond acceptors (Lipinski definition) is 2. The van der Waals surface area contributed by atoms with E-state index in [2.05, 4.69) is 16.9 Å². The number of rotatable bonds is 7. The average Bonchev–Trinajstić information content (AvgIpc) is 3.09. The summed E-state index contributed by atoms with van der Waals surface area (Å²) in [6.45, 7) is 4.76. The first kappa shape index (κ1) is 18.6. The third-order valence-corrected chi connectivity index (χ3v) is 3.43. The van der Waals surface area contributed by atoms with Gasteiger partial charge >= 0.3 is 0 Å². The van der Waals surface area contributed by atoms with Crippen LogP contribution in [0.1, 0.15) is 11.3 Å². The molecule has 0 spiro atoms. The maximum Gasteiger partial charge on any atom is 0.194 e. The molecule has 0 fully saturated rings. The highest BCUT2D eigenvalue weighted by Crippen LogP contribution is 2.15. The molecule has 1 heterocycles. The third-order valence-electron chi connectivity index (χ3n) is 3.43. The van der Waals surface area contributed by atoms with Crippen LogP contribution >= 0.6 is 0 Å². The average molecular weight is 351 g/mol. The van der Waals surface area contributed by atoms with E-state index in [0.29, 0.717) is 31.0 Å². The van der Waals surface area contributed by atoms with Gasteiger partial charge in [-0.05, 0) is 29.8 Å². The molecular formula is C18H20F3N3O. The summed E-state index contributed by atoms with van der Waals surface area (Å²) in [5.74, 6) is -2.53. The summed E-state index contributed by atoms with van der Waals surface area (Å²) in [5.41, 5.74) is 0.304. The second-order valence-electron chi connectivity index (χ2n) is 5.43. The van der Waals surface area contributed by atoms with E-state index in [1.54, 1.807) is 30.4 Å². The fraction of sp³-hybridized carbons (Fsp3) is 0.278. The fourth-order valence-electron chi connectivity index (χ4n) is 2.25. The monoisotopic (exact) mass is 351 g/mol. The Balaban J connectivity index is 2.06. The Kier molecular flexibility index (Phi) is 6.68. The highest BCUT2D eigenvalue weighted by atomic mass is 19.2. The zero-order valence-corrected chi connectivity index (χ0v) is 13.9. The van der Waals surface area contributed by atoms with Crippen molar-refractivity contribution in [2.24, 2.45) is 4.99 Å². The highest BCUT2D eigenvalue weighted by Gasteiger charge is 2.13. The number of guanidine groups is 1. The third kappa shape index (κ3) is 5.41. The second-order valence-corrected chi connectivity index (χ2v) is 5.43. The fourth-order valence-corrected chi connectivity index (χ4v) is 2.25. The first-order valence-electron chi connectivity index (χ1n) is 7.77. The molecule has 4 nitrogen and oxygen atoms in total. The lowest BCUT2D eigenvalue weighted by atomic mass is 10.2. The van der Waals surface area contributed by atoms with Crippen molar-refractivity contribution in [2.75, 3.05) is 20.1 Å². The molecule has 2 aromatic rings. The van der Waals surface area contributed by atoms with E-state index in [9.17, 15) is 13.2 Å². The zero-order chi connectivity index (χ0) is 18.2. The Morgan fingerprint density at radius 2 is 2.04 bits per heavy atom. The minimum absolute atomic E-state index is 0.165. The highest BCUT2D eigenvalue weighted by molar-refractivity contribution is 5.79. The van der Waals surface area contributed by atoms with Crippen molar-refractivity contribution >= 4 is 5.96 Å². The van der Waals surface area contributed by atoms with E-state index in [1.165, 1.54) is 0 Å². The van der Waals surface area contributed by atoms with Gasteiger partial charge in [0.15, 0.2) is 23.4 Å². The largest absolute Gasteiger partial charge is 0.469 e. The first-order valence-corrected chi connectivity index (χ1v) is 7.77. The predicted octanol–water partition coefficient (Wildman–Crippen LogP) is 3.50. The van der Waals surface area contributed by atoms with Crippen LogP contribution in [0.25, 0.3) is 0 Å². The summed E-state index contributed by atoms with van der Waals surface area (Å²) >= 11 is 0.